The minimum atomic E-state index is 0.116. The van der Waals surface area contributed by atoms with E-state index in [0.29, 0.717) is 6.04 Å². The Hall–Kier alpha value is -0.980. The highest BCUT2D eigenvalue weighted by molar-refractivity contribution is 8.27. The molecule has 1 aliphatic carbocycles. The lowest BCUT2D eigenvalue weighted by molar-refractivity contribution is -0.124. The monoisotopic (exact) mass is 376 g/mol. The number of nitrogens with zero attached hydrogens (tertiary/aromatic N) is 2. The van der Waals surface area contributed by atoms with Gasteiger partial charge in [-0.25, -0.2) is 0 Å². The van der Waals surface area contributed by atoms with Crippen molar-refractivity contribution in [3.05, 3.63) is 34.2 Å². The first-order valence-corrected chi connectivity index (χ1v) is 10.6. The molecule has 1 saturated heterocycles. The Morgan fingerprint density at radius 1 is 1.17 bits per heavy atom. The van der Waals surface area contributed by atoms with Gasteiger partial charge in [-0.1, -0.05) is 67.1 Å². The zero-order valence-corrected chi connectivity index (χ0v) is 16.1. The molecule has 1 amide bonds. The Morgan fingerprint density at radius 3 is 2.67 bits per heavy atom. The second-order valence-corrected chi connectivity index (χ2v) is 8.96. The fraction of sp³-hybridized carbons (Fsp3) is 0.444. The smallest absolute Gasteiger partial charge is 0.269 e. The molecule has 6 heteroatoms. The molecule has 1 saturated carbocycles. The summed E-state index contributed by atoms with van der Waals surface area (Å²) in [5, 5.41) is 1.05. The number of amides is 1. The average Bonchev–Trinajstić information content (AvgIpc) is 3.12. The van der Waals surface area contributed by atoms with Crippen LogP contribution in [0.15, 0.2) is 39.1 Å². The lowest BCUT2D eigenvalue weighted by atomic mass is 9.94. The molecule has 0 aromatic heterocycles. The Morgan fingerprint density at radius 2 is 1.92 bits per heavy atom. The van der Waals surface area contributed by atoms with Crippen molar-refractivity contribution in [2.24, 2.45) is 0 Å². The summed E-state index contributed by atoms with van der Waals surface area (Å²) in [6.45, 7) is 2.98. The SMILES string of the molecule is CCN1/C(=C2/SC(=S)N(C3CCCCC3)C2=O)Sc2ccccc21. The summed E-state index contributed by atoms with van der Waals surface area (Å²) in [4.78, 5) is 19.3. The summed E-state index contributed by atoms with van der Waals surface area (Å²) in [5.41, 5.74) is 1.20. The van der Waals surface area contributed by atoms with Crippen molar-refractivity contribution in [3.63, 3.8) is 0 Å². The third-order valence-corrected chi connectivity index (χ3v) is 7.56. The summed E-state index contributed by atoms with van der Waals surface area (Å²) in [6, 6.07) is 8.65. The molecule has 0 unspecified atom stereocenters. The number of benzene rings is 1. The zero-order valence-electron chi connectivity index (χ0n) is 13.7. The molecule has 2 fully saturated rings. The molecule has 0 N–H and O–H groups in total. The maximum Gasteiger partial charge on any atom is 0.269 e. The van der Waals surface area contributed by atoms with Crippen molar-refractivity contribution in [1.29, 1.82) is 0 Å². The molecule has 2 heterocycles. The van der Waals surface area contributed by atoms with Crippen molar-refractivity contribution in [2.75, 3.05) is 11.4 Å². The topological polar surface area (TPSA) is 23.6 Å². The fourth-order valence-electron chi connectivity index (χ4n) is 3.68. The van der Waals surface area contributed by atoms with Crippen LogP contribution in [0.1, 0.15) is 39.0 Å². The second kappa shape index (κ2) is 6.73. The van der Waals surface area contributed by atoms with Crippen molar-refractivity contribution in [1.82, 2.24) is 4.90 Å². The van der Waals surface area contributed by atoms with E-state index >= 15 is 0 Å². The van der Waals surface area contributed by atoms with Gasteiger partial charge in [0.15, 0.2) is 0 Å². The van der Waals surface area contributed by atoms with E-state index in [9.17, 15) is 4.79 Å². The van der Waals surface area contributed by atoms with E-state index in [1.165, 1.54) is 41.6 Å². The van der Waals surface area contributed by atoms with Crippen molar-refractivity contribution >= 4 is 51.7 Å². The number of para-hydroxylation sites is 1. The van der Waals surface area contributed by atoms with Crippen molar-refractivity contribution in [2.45, 2.75) is 50.0 Å². The second-order valence-electron chi connectivity index (χ2n) is 6.28. The van der Waals surface area contributed by atoms with Gasteiger partial charge in [-0.3, -0.25) is 9.69 Å². The molecule has 0 atom stereocenters. The normalized spacial score (nSPS) is 24.9. The van der Waals surface area contributed by atoms with Crippen molar-refractivity contribution < 1.29 is 4.79 Å². The van der Waals surface area contributed by atoms with Crippen LogP contribution in [0.25, 0.3) is 0 Å². The summed E-state index contributed by atoms with van der Waals surface area (Å²) in [6.07, 6.45) is 5.85. The average molecular weight is 377 g/mol. The van der Waals surface area contributed by atoms with Gasteiger partial charge < -0.3 is 4.90 Å². The van der Waals surface area contributed by atoms with Gasteiger partial charge in [0, 0.05) is 17.5 Å². The van der Waals surface area contributed by atoms with E-state index in [2.05, 4.69) is 36.1 Å². The molecule has 0 radical (unpaired) electrons. The maximum atomic E-state index is 13.1. The van der Waals surface area contributed by atoms with Gasteiger partial charge in [0.05, 0.1) is 5.69 Å². The molecule has 126 valence electrons. The maximum absolute atomic E-state index is 13.1. The minimum Gasteiger partial charge on any atom is -0.334 e. The number of fused-ring (bicyclic) bond motifs is 1. The molecule has 1 aromatic rings. The highest BCUT2D eigenvalue weighted by Gasteiger charge is 2.41. The van der Waals surface area contributed by atoms with Gasteiger partial charge in [0.25, 0.3) is 5.91 Å². The van der Waals surface area contributed by atoms with E-state index in [0.717, 1.165) is 33.6 Å². The van der Waals surface area contributed by atoms with Gasteiger partial charge in [-0.05, 0) is 31.9 Å². The number of anilines is 1. The largest absolute Gasteiger partial charge is 0.334 e. The summed E-state index contributed by atoms with van der Waals surface area (Å²) < 4.78 is 0.738. The van der Waals surface area contributed by atoms with E-state index in [1.54, 1.807) is 11.8 Å². The first kappa shape index (κ1) is 16.5. The number of carbonyl (C=O) groups is 1. The minimum absolute atomic E-state index is 0.116. The van der Waals surface area contributed by atoms with E-state index < -0.39 is 0 Å². The van der Waals surface area contributed by atoms with Crippen LogP contribution in [0.4, 0.5) is 5.69 Å². The molecular formula is C18H20N2OS3. The highest BCUT2D eigenvalue weighted by atomic mass is 32.2. The van der Waals surface area contributed by atoms with Crippen LogP contribution in [0.2, 0.25) is 0 Å². The van der Waals surface area contributed by atoms with Gasteiger partial charge >= 0.3 is 0 Å². The fourth-order valence-corrected chi connectivity index (χ4v) is 6.46. The lowest BCUT2D eigenvalue weighted by Gasteiger charge is -2.30. The molecule has 3 nitrogen and oxygen atoms in total. The van der Waals surface area contributed by atoms with E-state index in [4.69, 9.17) is 12.2 Å². The predicted octanol–water partition coefficient (Wildman–Crippen LogP) is 4.98. The Bertz CT molecular complexity index is 725. The number of hydrogen-bond donors (Lipinski definition) is 0. The Kier molecular flexibility index (Phi) is 4.62. The highest BCUT2D eigenvalue weighted by Crippen LogP contribution is 2.51. The van der Waals surface area contributed by atoms with Crippen LogP contribution in [0.3, 0.4) is 0 Å². The van der Waals surface area contributed by atoms with Gasteiger partial charge in [-0.15, -0.1) is 0 Å². The Balaban J connectivity index is 1.68. The van der Waals surface area contributed by atoms with Gasteiger partial charge in [0.2, 0.25) is 0 Å². The third-order valence-electron chi connectivity index (χ3n) is 4.86. The molecule has 4 rings (SSSR count). The van der Waals surface area contributed by atoms with Crippen LogP contribution in [-0.2, 0) is 4.79 Å². The molecular weight excluding hydrogens is 356 g/mol. The number of hydrogen-bond acceptors (Lipinski definition) is 5. The van der Waals surface area contributed by atoms with Crippen LogP contribution in [0.5, 0.6) is 0 Å². The van der Waals surface area contributed by atoms with Crippen molar-refractivity contribution in [3.8, 4) is 0 Å². The first-order valence-electron chi connectivity index (χ1n) is 8.54. The molecule has 3 aliphatic rings. The molecule has 2 aliphatic heterocycles. The first-order chi connectivity index (χ1) is 11.7. The van der Waals surface area contributed by atoms with Crippen LogP contribution in [-0.4, -0.2) is 27.7 Å². The number of rotatable bonds is 2. The van der Waals surface area contributed by atoms with Gasteiger partial charge in [0.1, 0.15) is 14.3 Å². The summed E-state index contributed by atoms with van der Waals surface area (Å²) >= 11 is 8.76. The molecule has 24 heavy (non-hydrogen) atoms. The van der Waals surface area contributed by atoms with E-state index in [1.807, 2.05) is 4.90 Å². The van der Waals surface area contributed by atoms with E-state index in [-0.39, 0.29) is 5.91 Å². The molecule has 0 spiro atoms. The predicted molar refractivity (Wildman–Crippen MR) is 106 cm³/mol. The molecule has 0 bridgehead atoms. The number of thiocarbonyl (C=S) groups is 1. The summed E-state index contributed by atoms with van der Waals surface area (Å²) in [7, 11) is 0. The quantitative estimate of drug-likeness (QED) is 0.535. The summed E-state index contributed by atoms with van der Waals surface area (Å²) in [5.74, 6) is 0.116. The van der Waals surface area contributed by atoms with Gasteiger partial charge in [-0.2, -0.15) is 0 Å². The zero-order chi connectivity index (χ0) is 16.7. The Labute approximate surface area is 156 Å². The molecule has 1 aromatic carbocycles. The lowest BCUT2D eigenvalue weighted by Crippen LogP contribution is -2.40. The standard InChI is InChI=1S/C18H20N2OS3/c1-2-19-13-10-6-7-11-14(13)23-17(19)15-16(21)20(18(22)24-15)12-8-4-3-5-9-12/h6-7,10-12H,2-5,8-9H2,1H3/b17-15-. The van der Waals surface area contributed by atoms with Crippen LogP contribution >= 0.6 is 35.7 Å². The number of thioether (sulfide) groups is 2. The van der Waals surface area contributed by atoms with Crippen LogP contribution < -0.4 is 4.90 Å². The van der Waals surface area contributed by atoms with Crippen LogP contribution in [0, 0.1) is 0 Å². The number of carbonyl (C=O) groups excluding carboxylic acids is 1. The third kappa shape index (κ3) is 2.68.